The molecule has 30 heavy (non-hydrogen) atoms. The first-order valence-corrected chi connectivity index (χ1v) is 11.6. The number of fused-ring (bicyclic) bond motifs is 4. The molecule has 3 aromatic rings. The molecule has 0 spiro atoms. The zero-order valence-electron chi connectivity index (χ0n) is 15.9. The molecule has 2 aromatic carbocycles. The number of carbonyl (C=O) groups is 1. The van der Waals surface area contributed by atoms with Gasteiger partial charge in [0.05, 0.1) is 22.6 Å². The van der Waals surface area contributed by atoms with Crippen molar-refractivity contribution in [3.8, 4) is 27.7 Å². The van der Waals surface area contributed by atoms with Crippen LogP contribution >= 0.6 is 11.3 Å². The lowest BCUT2D eigenvalue weighted by molar-refractivity contribution is 0.0955. The number of hydrogen-bond acceptors (Lipinski definition) is 7. The number of methoxy groups -OCH3 is 1. The van der Waals surface area contributed by atoms with E-state index in [1.807, 2.05) is 18.2 Å². The van der Waals surface area contributed by atoms with E-state index in [0.29, 0.717) is 39.8 Å². The second-order valence-electron chi connectivity index (χ2n) is 6.96. The van der Waals surface area contributed by atoms with Gasteiger partial charge >= 0.3 is 0 Å². The quantitative estimate of drug-likeness (QED) is 0.665. The van der Waals surface area contributed by atoms with Crippen molar-refractivity contribution in [1.29, 1.82) is 0 Å². The fraction of sp³-hybridized carbons (Fsp3) is 0.190. The number of hydrogen-bond donors (Lipinski definition) is 1. The summed E-state index contributed by atoms with van der Waals surface area (Å²) < 4.78 is 41.2. The Morgan fingerprint density at radius 2 is 1.97 bits per heavy atom. The van der Waals surface area contributed by atoms with Crippen molar-refractivity contribution in [1.82, 2.24) is 5.32 Å². The van der Waals surface area contributed by atoms with Gasteiger partial charge in [0, 0.05) is 17.0 Å². The average Bonchev–Trinajstić information content (AvgIpc) is 3.37. The molecule has 0 saturated heterocycles. The summed E-state index contributed by atoms with van der Waals surface area (Å²) in [6, 6.07) is 12.1. The maximum absolute atomic E-state index is 12.7. The van der Waals surface area contributed by atoms with Crippen molar-refractivity contribution >= 4 is 27.1 Å². The number of rotatable bonds is 4. The molecule has 154 valence electrons. The number of benzene rings is 2. The van der Waals surface area contributed by atoms with E-state index in [0.717, 1.165) is 10.4 Å². The fourth-order valence-electron chi connectivity index (χ4n) is 3.56. The fourth-order valence-corrected chi connectivity index (χ4v) is 6.41. The molecule has 9 heteroatoms. The molecule has 0 unspecified atom stereocenters. The molecule has 2 aliphatic heterocycles. The molecule has 1 aromatic heterocycles. The molecule has 0 bridgehead atoms. The van der Waals surface area contributed by atoms with Crippen LogP contribution in [0, 0.1) is 0 Å². The van der Waals surface area contributed by atoms with Crippen LogP contribution in [-0.4, -0.2) is 28.2 Å². The molecule has 0 atom stereocenters. The van der Waals surface area contributed by atoms with Gasteiger partial charge in [-0.15, -0.1) is 11.3 Å². The minimum absolute atomic E-state index is 0.117. The predicted octanol–water partition coefficient (Wildman–Crippen LogP) is 3.37. The van der Waals surface area contributed by atoms with E-state index in [1.54, 1.807) is 24.3 Å². The van der Waals surface area contributed by atoms with Gasteiger partial charge < -0.3 is 19.5 Å². The Morgan fingerprint density at radius 3 is 2.80 bits per heavy atom. The minimum Gasteiger partial charge on any atom is -0.497 e. The van der Waals surface area contributed by atoms with Crippen LogP contribution in [0.5, 0.6) is 17.2 Å². The van der Waals surface area contributed by atoms with Crippen molar-refractivity contribution in [3.05, 3.63) is 58.5 Å². The average molecular weight is 444 g/mol. The molecular formula is C21H17NO6S2. The molecule has 1 N–H and O–H groups in total. The van der Waals surface area contributed by atoms with Crippen LogP contribution in [0.4, 0.5) is 0 Å². The maximum Gasteiger partial charge on any atom is 0.261 e. The highest BCUT2D eigenvalue weighted by molar-refractivity contribution is 7.91. The number of carbonyl (C=O) groups excluding carboxylic acids is 1. The van der Waals surface area contributed by atoms with Crippen LogP contribution in [0.15, 0.2) is 47.4 Å². The number of sulfone groups is 1. The van der Waals surface area contributed by atoms with Gasteiger partial charge in [-0.3, -0.25) is 4.79 Å². The molecule has 0 aliphatic carbocycles. The SMILES string of the molecule is COc1ccc2c(c1)-c1sc(C(=O)NCc3ccc4c(c3)OCO4)cc1CS2(=O)=O. The summed E-state index contributed by atoms with van der Waals surface area (Å²) in [7, 11) is -1.93. The summed E-state index contributed by atoms with van der Waals surface area (Å²) in [6.45, 7) is 0.516. The topological polar surface area (TPSA) is 90.9 Å². The molecule has 0 saturated carbocycles. The molecule has 2 aliphatic rings. The van der Waals surface area contributed by atoms with E-state index >= 15 is 0 Å². The van der Waals surface area contributed by atoms with Crippen LogP contribution in [0.1, 0.15) is 20.8 Å². The lowest BCUT2D eigenvalue weighted by Crippen LogP contribution is -2.21. The van der Waals surface area contributed by atoms with Gasteiger partial charge in [0.1, 0.15) is 5.75 Å². The molecule has 3 heterocycles. The molecule has 5 rings (SSSR count). The third kappa shape index (κ3) is 3.20. The first kappa shape index (κ1) is 19.0. The van der Waals surface area contributed by atoms with Gasteiger partial charge in [0.2, 0.25) is 6.79 Å². The monoisotopic (exact) mass is 443 g/mol. The predicted molar refractivity (Wildman–Crippen MR) is 111 cm³/mol. The summed E-state index contributed by atoms with van der Waals surface area (Å²) in [4.78, 5) is 14.3. The van der Waals surface area contributed by atoms with E-state index < -0.39 is 9.84 Å². The normalized spacial score (nSPS) is 15.2. The zero-order chi connectivity index (χ0) is 20.9. The van der Waals surface area contributed by atoms with Crippen molar-refractivity contribution in [3.63, 3.8) is 0 Å². The number of ether oxygens (including phenoxy) is 3. The second kappa shape index (κ2) is 7.03. The first-order chi connectivity index (χ1) is 14.4. The zero-order valence-corrected chi connectivity index (χ0v) is 17.6. The first-order valence-electron chi connectivity index (χ1n) is 9.15. The van der Waals surface area contributed by atoms with Crippen molar-refractivity contribution in [2.75, 3.05) is 13.9 Å². The number of thiophene rings is 1. The third-order valence-electron chi connectivity index (χ3n) is 5.03. The van der Waals surface area contributed by atoms with E-state index in [4.69, 9.17) is 14.2 Å². The molecule has 7 nitrogen and oxygen atoms in total. The van der Waals surface area contributed by atoms with Crippen LogP contribution in [0.2, 0.25) is 0 Å². The van der Waals surface area contributed by atoms with Gasteiger partial charge in [0.25, 0.3) is 5.91 Å². The van der Waals surface area contributed by atoms with Gasteiger partial charge in [-0.25, -0.2) is 8.42 Å². The van der Waals surface area contributed by atoms with Crippen molar-refractivity contribution in [2.45, 2.75) is 17.2 Å². The maximum atomic E-state index is 12.7. The molecule has 1 amide bonds. The van der Waals surface area contributed by atoms with Crippen LogP contribution in [0.25, 0.3) is 10.4 Å². The Kier molecular flexibility index (Phi) is 4.44. The highest BCUT2D eigenvalue weighted by atomic mass is 32.2. The van der Waals surface area contributed by atoms with Gasteiger partial charge in [0.15, 0.2) is 21.3 Å². The lowest BCUT2D eigenvalue weighted by atomic mass is 10.1. The second-order valence-corrected chi connectivity index (χ2v) is 9.97. The van der Waals surface area contributed by atoms with Crippen LogP contribution in [0.3, 0.4) is 0 Å². The van der Waals surface area contributed by atoms with E-state index in [1.165, 1.54) is 18.4 Å². The summed E-state index contributed by atoms with van der Waals surface area (Å²) in [5.41, 5.74) is 2.09. The van der Waals surface area contributed by atoms with Crippen molar-refractivity contribution in [2.24, 2.45) is 0 Å². The van der Waals surface area contributed by atoms with Gasteiger partial charge in [-0.1, -0.05) is 6.07 Å². The Bertz CT molecular complexity index is 1280. The van der Waals surface area contributed by atoms with E-state index in [-0.39, 0.29) is 23.3 Å². The third-order valence-corrected chi connectivity index (χ3v) is 7.96. The smallest absolute Gasteiger partial charge is 0.261 e. The molecule has 0 fully saturated rings. The summed E-state index contributed by atoms with van der Waals surface area (Å²) in [6.07, 6.45) is 0. The Balaban J connectivity index is 1.41. The summed E-state index contributed by atoms with van der Waals surface area (Å²) >= 11 is 1.28. The van der Waals surface area contributed by atoms with Crippen LogP contribution < -0.4 is 19.5 Å². The minimum atomic E-state index is -3.46. The molecule has 0 radical (unpaired) electrons. The lowest BCUT2D eigenvalue weighted by Gasteiger charge is -2.17. The standard InChI is InChI=1S/C21H17NO6S2/c1-26-14-3-5-19-15(8-14)20-13(10-30(19,24)25)7-18(29-20)21(23)22-9-12-2-4-16-17(6-12)28-11-27-16/h2-8H,9-11H2,1H3,(H,22,23). The highest BCUT2D eigenvalue weighted by Crippen LogP contribution is 2.44. The summed E-state index contributed by atoms with van der Waals surface area (Å²) in [5, 5.41) is 2.88. The van der Waals surface area contributed by atoms with Crippen LogP contribution in [-0.2, 0) is 22.1 Å². The Labute approximate surface area is 177 Å². The number of amides is 1. The largest absolute Gasteiger partial charge is 0.497 e. The van der Waals surface area contributed by atoms with E-state index in [2.05, 4.69) is 5.32 Å². The van der Waals surface area contributed by atoms with Gasteiger partial charge in [-0.2, -0.15) is 0 Å². The molecular weight excluding hydrogens is 426 g/mol. The number of nitrogens with one attached hydrogen (secondary N) is 1. The van der Waals surface area contributed by atoms with Gasteiger partial charge in [-0.05, 0) is 47.5 Å². The highest BCUT2D eigenvalue weighted by Gasteiger charge is 2.31. The summed E-state index contributed by atoms with van der Waals surface area (Å²) in [5.74, 6) is 1.54. The van der Waals surface area contributed by atoms with E-state index in [9.17, 15) is 13.2 Å². The van der Waals surface area contributed by atoms with Crippen molar-refractivity contribution < 1.29 is 27.4 Å². The Morgan fingerprint density at radius 1 is 1.13 bits per heavy atom. The Hall–Kier alpha value is -3.04.